The van der Waals surface area contributed by atoms with Crippen LogP contribution in [-0.4, -0.2) is 29.9 Å². The highest BCUT2D eigenvalue weighted by molar-refractivity contribution is 5.84. The molecule has 1 aliphatic heterocycles. The standard InChI is InChI=1S/C14H19FN2O/c1-10-12(15)6-5-7-13(10)16-11(2)14(18)17-8-3-4-9-17/h5-7,11,16H,3-4,8-9H2,1-2H3. The van der Waals surface area contributed by atoms with Gasteiger partial charge in [0, 0.05) is 24.3 Å². The summed E-state index contributed by atoms with van der Waals surface area (Å²) in [5, 5.41) is 3.10. The summed E-state index contributed by atoms with van der Waals surface area (Å²) in [5.74, 6) is -0.156. The summed E-state index contributed by atoms with van der Waals surface area (Å²) in [4.78, 5) is 14.0. The molecule has 1 heterocycles. The van der Waals surface area contributed by atoms with Crippen molar-refractivity contribution in [3.8, 4) is 0 Å². The third-order valence-corrected chi connectivity index (χ3v) is 3.43. The first kappa shape index (κ1) is 12.9. The van der Waals surface area contributed by atoms with E-state index in [1.54, 1.807) is 19.1 Å². The number of carbonyl (C=O) groups is 1. The molecule has 1 aliphatic rings. The number of likely N-dealkylation sites (tertiary alicyclic amines) is 1. The summed E-state index contributed by atoms with van der Waals surface area (Å²) < 4.78 is 13.4. The highest BCUT2D eigenvalue weighted by Gasteiger charge is 2.23. The zero-order chi connectivity index (χ0) is 13.1. The first-order chi connectivity index (χ1) is 8.59. The second-order valence-corrected chi connectivity index (χ2v) is 4.81. The molecule has 1 aromatic rings. The normalized spacial score (nSPS) is 16.7. The molecular formula is C14H19FN2O. The molecule has 1 atom stereocenters. The highest BCUT2D eigenvalue weighted by Crippen LogP contribution is 2.19. The minimum absolute atomic E-state index is 0.0937. The van der Waals surface area contributed by atoms with Crippen molar-refractivity contribution in [3.05, 3.63) is 29.6 Å². The number of benzene rings is 1. The maximum absolute atomic E-state index is 13.4. The van der Waals surface area contributed by atoms with Gasteiger partial charge in [-0.25, -0.2) is 4.39 Å². The van der Waals surface area contributed by atoms with E-state index in [-0.39, 0.29) is 17.8 Å². The number of hydrogen-bond acceptors (Lipinski definition) is 2. The van der Waals surface area contributed by atoms with Gasteiger partial charge in [0.1, 0.15) is 11.9 Å². The molecule has 0 aliphatic carbocycles. The van der Waals surface area contributed by atoms with Crippen molar-refractivity contribution in [1.82, 2.24) is 4.90 Å². The molecule has 18 heavy (non-hydrogen) atoms. The van der Waals surface area contributed by atoms with Gasteiger partial charge in [0.15, 0.2) is 0 Å². The minimum atomic E-state index is -0.316. The number of anilines is 1. The van der Waals surface area contributed by atoms with E-state index >= 15 is 0 Å². The Morgan fingerprint density at radius 3 is 2.72 bits per heavy atom. The number of amides is 1. The largest absolute Gasteiger partial charge is 0.374 e. The van der Waals surface area contributed by atoms with Gasteiger partial charge in [0.05, 0.1) is 0 Å². The maximum atomic E-state index is 13.4. The predicted molar refractivity (Wildman–Crippen MR) is 70.0 cm³/mol. The van der Waals surface area contributed by atoms with Crippen LogP contribution in [0.25, 0.3) is 0 Å². The van der Waals surface area contributed by atoms with Crippen molar-refractivity contribution in [1.29, 1.82) is 0 Å². The second kappa shape index (κ2) is 5.38. The first-order valence-corrected chi connectivity index (χ1v) is 6.40. The van der Waals surface area contributed by atoms with Crippen molar-refractivity contribution in [3.63, 3.8) is 0 Å². The topological polar surface area (TPSA) is 32.3 Å². The van der Waals surface area contributed by atoms with Crippen LogP contribution in [0.5, 0.6) is 0 Å². The molecule has 0 bridgehead atoms. The zero-order valence-corrected chi connectivity index (χ0v) is 10.9. The van der Waals surface area contributed by atoms with Crippen LogP contribution >= 0.6 is 0 Å². The van der Waals surface area contributed by atoms with Crippen LogP contribution in [0.2, 0.25) is 0 Å². The molecule has 0 radical (unpaired) electrons. The Bertz CT molecular complexity index is 441. The smallest absolute Gasteiger partial charge is 0.244 e. The Morgan fingerprint density at radius 2 is 2.06 bits per heavy atom. The van der Waals surface area contributed by atoms with Gasteiger partial charge in [0.2, 0.25) is 5.91 Å². The quantitative estimate of drug-likeness (QED) is 0.894. The van der Waals surface area contributed by atoms with Crippen LogP contribution in [0, 0.1) is 12.7 Å². The lowest BCUT2D eigenvalue weighted by atomic mass is 10.1. The lowest BCUT2D eigenvalue weighted by Gasteiger charge is -2.22. The molecule has 1 N–H and O–H groups in total. The average molecular weight is 250 g/mol. The van der Waals surface area contributed by atoms with Crippen molar-refractivity contribution >= 4 is 11.6 Å². The number of nitrogens with zero attached hydrogens (tertiary/aromatic N) is 1. The van der Waals surface area contributed by atoms with Gasteiger partial charge in [0.25, 0.3) is 0 Å². The summed E-state index contributed by atoms with van der Waals surface area (Å²) in [6.07, 6.45) is 2.16. The Morgan fingerprint density at radius 1 is 1.39 bits per heavy atom. The third kappa shape index (κ3) is 2.63. The molecular weight excluding hydrogens is 231 g/mol. The van der Waals surface area contributed by atoms with E-state index in [0.29, 0.717) is 11.3 Å². The van der Waals surface area contributed by atoms with Crippen LogP contribution in [0.3, 0.4) is 0 Å². The molecule has 3 nitrogen and oxygen atoms in total. The average Bonchev–Trinajstić information content (AvgIpc) is 2.87. The van der Waals surface area contributed by atoms with E-state index in [1.165, 1.54) is 6.07 Å². The van der Waals surface area contributed by atoms with Crippen molar-refractivity contribution in [2.75, 3.05) is 18.4 Å². The Balaban J connectivity index is 2.04. The molecule has 1 fully saturated rings. The van der Waals surface area contributed by atoms with Crippen molar-refractivity contribution in [2.24, 2.45) is 0 Å². The molecule has 0 saturated carbocycles. The second-order valence-electron chi connectivity index (χ2n) is 4.81. The van der Waals surface area contributed by atoms with Crippen LogP contribution < -0.4 is 5.32 Å². The minimum Gasteiger partial charge on any atom is -0.374 e. The Hall–Kier alpha value is -1.58. The van der Waals surface area contributed by atoms with Crippen molar-refractivity contribution in [2.45, 2.75) is 32.7 Å². The summed E-state index contributed by atoms with van der Waals surface area (Å²) in [7, 11) is 0. The molecule has 4 heteroatoms. The molecule has 1 saturated heterocycles. The molecule has 1 amide bonds. The summed E-state index contributed by atoms with van der Waals surface area (Å²) >= 11 is 0. The molecule has 1 aromatic carbocycles. The van der Waals surface area contributed by atoms with Crippen LogP contribution in [0.15, 0.2) is 18.2 Å². The van der Waals surface area contributed by atoms with Gasteiger partial charge in [-0.3, -0.25) is 4.79 Å². The van der Waals surface area contributed by atoms with Gasteiger partial charge in [-0.1, -0.05) is 6.07 Å². The number of rotatable bonds is 3. The van der Waals surface area contributed by atoms with Crippen LogP contribution in [0.1, 0.15) is 25.3 Å². The zero-order valence-electron chi connectivity index (χ0n) is 10.9. The molecule has 98 valence electrons. The lowest BCUT2D eigenvalue weighted by molar-refractivity contribution is -0.130. The molecule has 1 unspecified atom stereocenters. The third-order valence-electron chi connectivity index (χ3n) is 3.43. The van der Waals surface area contributed by atoms with E-state index in [2.05, 4.69) is 5.32 Å². The van der Waals surface area contributed by atoms with E-state index in [9.17, 15) is 9.18 Å². The maximum Gasteiger partial charge on any atom is 0.244 e. The monoisotopic (exact) mass is 250 g/mol. The van der Waals surface area contributed by atoms with Crippen molar-refractivity contribution < 1.29 is 9.18 Å². The van der Waals surface area contributed by atoms with E-state index in [0.717, 1.165) is 25.9 Å². The summed E-state index contributed by atoms with van der Waals surface area (Å²) in [6, 6.07) is 4.56. The highest BCUT2D eigenvalue weighted by atomic mass is 19.1. The fraction of sp³-hybridized carbons (Fsp3) is 0.500. The van der Waals surface area contributed by atoms with Gasteiger partial charge in [-0.05, 0) is 38.8 Å². The van der Waals surface area contributed by atoms with Crippen LogP contribution in [-0.2, 0) is 4.79 Å². The van der Waals surface area contributed by atoms with Gasteiger partial charge >= 0.3 is 0 Å². The predicted octanol–water partition coefficient (Wildman–Crippen LogP) is 2.56. The fourth-order valence-electron chi connectivity index (χ4n) is 2.27. The van der Waals surface area contributed by atoms with E-state index in [4.69, 9.17) is 0 Å². The fourth-order valence-corrected chi connectivity index (χ4v) is 2.27. The molecule has 2 rings (SSSR count). The SMILES string of the molecule is Cc1c(F)cccc1NC(C)C(=O)N1CCCC1. The Kier molecular flexibility index (Phi) is 3.84. The summed E-state index contributed by atoms with van der Waals surface area (Å²) in [6.45, 7) is 5.22. The number of halogens is 1. The molecule has 0 aromatic heterocycles. The number of nitrogens with one attached hydrogen (secondary N) is 1. The van der Waals surface area contributed by atoms with E-state index in [1.807, 2.05) is 11.8 Å². The summed E-state index contributed by atoms with van der Waals surface area (Å²) in [5.41, 5.74) is 1.24. The molecule has 0 spiro atoms. The Labute approximate surface area is 107 Å². The van der Waals surface area contributed by atoms with Gasteiger partial charge in [-0.15, -0.1) is 0 Å². The lowest BCUT2D eigenvalue weighted by Crippen LogP contribution is -2.39. The van der Waals surface area contributed by atoms with Crippen LogP contribution in [0.4, 0.5) is 10.1 Å². The van der Waals surface area contributed by atoms with Gasteiger partial charge in [-0.2, -0.15) is 0 Å². The number of hydrogen-bond donors (Lipinski definition) is 1. The van der Waals surface area contributed by atoms with Gasteiger partial charge < -0.3 is 10.2 Å². The van der Waals surface area contributed by atoms with E-state index < -0.39 is 0 Å². The number of carbonyl (C=O) groups excluding carboxylic acids is 1. The first-order valence-electron chi connectivity index (χ1n) is 6.40.